The smallest absolute Gasteiger partial charge is 0.160 e. The number of ketones is 1. The van der Waals surface area contributed by atoms with Crippen molar-refractivity contribution in [2.45, 2.75) is 6.92 Å². The summed E-state index contributed by atoms with van der Waals surface area (Å²) >= 11 is 8.96. The Labute approximate surface area is 89.0 Å². The minimum atomic E-state index is -0.176. The average Bonchev–Trinajstić information content (AvgIpc) is 2.02. The molecule has 0 radical (unpaired) electrons. The highest BCUT2D eigenvalue weighted by atomic mass is 79.9. The molecule has 68 valence electrons. The van der Waals surface area contributed by atoms with E-state index in [0.29, 0.717) is 16.3 Å². The average molecular weight is 262 g/mol. The minimum Gasteiger partial charge on any atom is -0.298 e. The van der Waals surface area contributed by atoms with Crippen LogP contribution in [0.5, 0.6) is 0 Å². The zero-order valence-corrected chi connectivity index (χ0v) is 9.15. The summed E-state index contributed by atoms with van der Waals surface area (Å²) in [6.45, 7) is 1.39. The van der Waals surface area contributed by atoms with Crippen LogP contribution in [-0.2, 0) is 0 Å². The molecule has 0 bridgehead atoms. The molecule has 0 saturated carbocycles. The van der Waals surface area contributed by atoms with Gasteiger partial charge < -0.3 is 0 Å². The van der Waals surface area contributed by atoms with Crippen LogP contribution in [0.15, 0.2) is 16.6 Å². The van der Waals surface area contributed by atoms with Crippen molar-refractivity contribution in [1.82, 2.24) is 0 Å². The summed E-state index contributed by atoms with van der Waals surface area (Å²) in [5.41, 5.74) is 0.590. The maximum absolute atomic E-state index is 11.1. The van der Waals surface area contributed by atoms with Crippen LogP contribution in [0.4, 0.5) is 0 Å². The number of hydrogen-bond acceptors (Lipinski definition) is 2. The van der Waals surface area contributed by atoms with Gasteiger partial charge in [-0.1, -0.05) is 27.5 Å². The molecule has 0 heterocycles. The number of carbonyl (C=O) groups is 2. The van der Waals surface area contributed by atoms with E-state index in [-0.39, 0.29) is 16.4 Å². The summed E-state index contributed by atoms with van der Waals surface area (Å²) in [5, 5.41) is 0.287. The van der Waals surface area contributed by atoms with E-state index < -0.39 is 0 Å². The summed E-state index contributed by atoms with van der Waals surface area (Å²) in [4.78, 5) is 21.7. The van der Waals surface area contributed by atoms with Crippen LogP contribution in [0, 0.1) is 0 Å². The maximum atomic E-state index is 11.1. The fraction of sp³-hybridized carbons (Fsp3) is 0.111. The van der Waals surface area contributed by atoms with Crippen LogP contribution in [0.2, 0.25) is 5.02 Å². The molecule has 0 amide bonds. The van der Waals surface area contributed by atoms with Crippen molar-refractivity contribution >= 4 is 39.6 Å². The largest absolute Gasteiger partial charge is 0.298 e. The predicted molar refractivity (Wildman–Crippen MR) is 54.5 cm³/mol. The Balaban J connectivity index is 3.46. The number of rotatable bonds is 2. The summed E-state index contributed by atoms with van der Waals surface area (Å²) in [5.74, 6) is -0.176. The molecule has 0 saturated heterocycles. The van der Waals surface area contributed by atoms with E-state index in [2.05, 4.69) is 15.9 Å². The Morgan fingerprint density at radius 1 is 1.54 bits per heavy atom. The molecular formula is C9H6BrClO2. The Hall–Kier alpha value is -0.670. The fourth-order valence-electron chi connectivity index (χ4n) is 0.996. The number of halogens is 2. The van der Waals surface area contributed by atoms with Crippen molar-refractivity contribution < 1.29 is 9.59 Å². The first-order valence-corrected chi connectivity index (χ1v) is 4.68. The van der Waals surface area contributed by atoms with E-state index in [1.54, 1.807) is 12.1 Å². The summed E-state index contributed by atoms with van der Waals surface area (Å²) < 4.78 is 0.688. The number of Topliss-reactive ketones (excluding diaryl/α,β-unsaturated/α-hetero) is 1. The van der Waals surface area contributed by atoms with E-state index in [9.17, 15) is 9.59 Å². The van der Waals surface area contributed by atoms with Gasteiger partial charge in [0.25, 0.3) is 0 Å². The van der Waals surface area contributed by atoms with Gasteiger partial charge in [0.2, 0.25) is 0 Å². The maximum Gasteiger partial charge on any atom is 0.160 e. The molecule has 13 heavy (non-hydrogen) atoms. The van der Waals surface area contributed by atoms with Crippen LogP contribution >= 0.6 is 27.5 Å². The number of aldehydes is 1. The highest BCUT2D eigenvalue weighted by Crippen LogP contribution is 2.24. The van der Waals surface area contributed by atoms with Crippen molar-refractivity contribution in [3.05, 3.63) is 32.8 Å². The summed E-state index contributed by atoms with van der Waals surface area (Å²) in [7, 11) is 0. The molecule has 4 heteroatoms. The van der Waals surface area contributed by atoms with Gasteiger partial charge in [-0.05, 0) is 19.1 Å². The first kappa shape index (κ1) is 10.4. The van der Waals surface area contributed by atoms with Crippen LogP contribution in [-0.4, -0.2) is 12.1 Å². The highest BCUT2D eigenvalue weighted by Gasteiger charge is 2.11. The Bertz CT molecular complexity index is 374. The van der Waals surface area contributed by atoms with E-state index >= 15 is 0 Å². The first-order valence-electron chi connectivity index (χ1n) is 3.51. The molecule has 1 rings (SSSR count). The van der Waals surface area contributed by atoms with Gasteiger partial charge in [0.15, 0.2) is 12.1 Å². The van der Waals surface area contributed by atoms with Gasteiger partial charge in [0.05, 0.1) is 5.02 Å². The molecular weight excluding hydrogens is 255 g/mol. The van der Waals surface area contributed by atoms with Crippen molar-refractivity contribution in [1.29, 1.82) is 0 Å². The molecule has 0 unspecified atom stereocenters. The van der Waals surface area contributed by atoms with Gasteiger partial charge >= 0.3 is 0 Å². The van der Waals surface area contributed by atoms with Crippen LogP contribution in [0.1, 0.15) is 27.6 Å². The topological polar surface area (TPSA) is 34.1 Å². The SMILES string of the molecule is CC(=O)c1cc(Br)cc(Cl)c1C=O. The van der Waals surface area contributed by atoms with E-state index in [1.165, 1.54) is 6.92 Å². The van der Waals surface area contributed by atoms with Crippen LogP contribution in [0.3, 0.4) is 0 Å². The normalized spacial score (nSPS) is 9.77. The molecule has 0 aliphatic rings. The van der Waals surface area contributed by atoms with Gasteiger partial charge in [-0.25, -0.2) is 0 Å². The lowest BCUT2D eigenvalue weighted by Crippen LogP contribution is -1.99. The number of carbonyl (C=O) groups excluding carboxylic acids is 2. The van der Waals surface area contributed by atoms with Crippen LogP contribution in [0.25, 0.3) is 0 Å². The van der Waals surface area contributed by atoms with E-state index in [1.807, 2.05) is 0 Å². The molecule has 0 aliphatic carbocycles. The fourth-order valence-corrected chi connectivity index (χ4v) is 1.85. The second kappa shape index (κ2) is 4.03. The molecule has 0 fully saturated rings. The molecule has 0 N–H and O–H groups in total. The van der Waals surface area contributed by atoms with Gasteiger partial charge in [-0.15, -0.1) is 0 Å². The molecule has 0 spiro atoms. The van der Waals surface area contributed by atoms with Gasteiger partial charge in [0, 0.05) is 15.6 Å². The molecule has 0 aromatic heterocycles. The lowest BCUT2D eigenvalue weighted by Gasteiger charge is -2.03. The zero-order valence-electron chi connectivity index (χ0n) is 6.80. The highest BCUT2D eigenvalue weighted by molar-refractivity contribution is 9.10. The minimum absolute atomic E-state index is 0.176. The zero-order chi connectivity index (χ0) is 10.0. The number of benzene rings is 1. The second-order valence-corrected chi connectivity index (χ2v) is 3.85. The van der Waals surface area contributed by atoms with Crippen molar-refractivity contribution in [2.24, 2.45) is 0 Å². The lowest BCUT2D eigenvalue weighted by atomic mass is 10.1. The quantitative estimate of drug-likeness (QED) is 0.605. The Kier molecular flexibility index (Phi) is 3.22. The van der Waals surface area contributed by atoms with Gasteiger partial charge in [0.1, 0.15) is 0 Å². The van der Waals surface area contributed by atoms with Crippen molar-refractivity contribution in [3.8, 4) is 0 Å². The van der Waals surface area contributed by atoms with Gasteiger partial charge in [-0.2, -0.15) is 0 Å². The standard InChI is InChI=1S/C9H6BrClO2/c1-5(13)7-2-6(10)3-9(11)8(7)4-12/h2-4H,1H3. The van der Waals surface area contributed by atoms with Gasteiger partial charge in [-0.3, -0.25) is 9.59 Å². The van der Waals surface area contributed by atoms with E-state index in [4.69, 9.17) is 11.6 Å². The van der Waals surface area contributed by atoms with E-state index in [0.717, 1.165) is 0 Å². The predicted octanol–water partition coefficient (Wildman–Crippen LogP) is 3.12. The molecule has 0 atom stereocenters. The summed E-state index contributed by atoms with van der Waals surface area (Å²) in [6, 6.07) is 3.16. The summed E-state index contributed by atoms with van der Waals surface area (Å²) in [6.07, 6.45) is 0.589. The Morgan fingerprint density at radius 3 is 2.62 bits per heavy atom. The monoisotopic (exact) mass is 260 g/mol. The third-order valence-electron chi connectivity index (χ3n) is 1.59. The third kappa shape index (κ3) is 2.17. The molecule has 0 aliphatic heterocycles. The lowest BCUT2D eigenvalue weighted by molar-refractivity contribution is 0.100. The first-order chi connectivity index (χ1) is 6.06. The second-order valence-electron chi connectivity index (χ2n) is 2.52. The molecule has 1 aromatic rings. The van der Waals surface area contributed by atoms with Crippen LogP contribution < -0.4 is 0 Å². The molecule has 1 aromatic carbocycles. The Morgan fingerprint density at radius 2 is 2.15 bits per heavy atom. The van der Waals surface area contributed by atoms with Crippen molar-refractivity contribution in [3.63, 3.8) is 0 Å². The number of hydrogen-bond donors (Lipinski definition) is 0. The van der Waals surface area contributed by atoms with Crippen molar-refractivity contribution in [2.75, 3.05) is 0 Å². The third-order valence-corrected chi connectivity index (χ3v) is 2.36. The molecule has 2 nitrogen and oxygen atoms in total.